The fraction of sp³-hybridized carbons (Fsp3) is 0.571. The normalized spacial score (nSPS) is 22.5. The van der Waals surface area contributed by atoms with Crippen LogP contribution in [0.15, 0.2) is 12.1 Å². The van der Waals surface area contributed by atoms with Gasteiger partial charge in [0.2, 0.25) is 0 Å². The number of nitrogens with one attached hydrogen (secondary N) is 1. The molecule has 0 radical (unpaired) electrons. The number of nitro benzene ring substituents is 1. The van der Waals surface area contributed by atoms with Gasteiger partial charge in [0.1, 0.15) is 12.3 Å². The molecule has 110 valence electrons. The molecule has 1 heterocycles. The van der Waals surface area contributed by atoms with Crippen LogP contribution in [0.4, 0.5) is 5.69 Å². The molecular formula is C14H20N2O4. The third-order valence-electron chi connectivity index (χ3n) is 3.83. The fourth-order valence-electron chi connectivity index (χ4n) is 2.88. The molecule has 6 nitrogen and oxygen atoms in total. The van der Waals surface area contributed by atoms with Crippen LogP contribution in [0.2, 0.25) is 0 Å². The van der Waals surface area contributed by atoms with Gasteiger partial charge in [0.15, 0.2) is 0 Å². The van der Waals surface area contributed by atoms with Crippen molar-refractivity contribution in [2.45, 2.75) is 26.3 Å². The van der Waals surface area contributed by atoms with Gasteiger partial charge in [0.25, 0.3) is 5.69 Å². The Hall–Kier alpha value is -1.82. The largest absolute Gasteiger partial charge is 0.865 e. The quantitative estimate of drug-likeness (QED) is 0.643. The molecule has 0 aliphatic carbocycles. The minimum absolute atomic E-state index is 0.0543. The maximum Gasteiger partial charge on any atom is 0.265 e. The van der Waals surface area contributed by atoms with Crippen molar-refractivity contribution >= 4 is 5.69 Å². The van der Waals surface area contributed by atoms with Gasteiger partial charge in [-0.05, 0) is 18.9 Å². The van der Waals surface area contributed by atoms with E-state index in [0.29, 0.717) is 12.5 Å². The molecule has 2 rings (SSSR count). The topological polar surface area (TPSA) is 79.9 Å². The molecule has 1 fully saturated rings. The number of nitrogens with zero attached hydrogens (tertiary/aromatic N) is 1. The van der Waals surface area contributed by atoms with Crippen molar-refractivity contribution in [2.75, 3.05) is 20.2 Å². The van der Waals surface area contributed by atoms with Crippen LogP contribution in [0.5, 0.6) is 11.5 Å². The SMILES string of the molecule is COc1cc(C[NH+]2CCC[C@H](C)C2)cc([N+](=O)[O-])c1[O-]. The molecular weight excluding hydrogens is 260 g/mol. The van der Waals surface area contributed by atoms with E-state index in [0.717, 1.165) is 18.7 Å². The fourth-order valence-corrected chi connectivity index (χ4v) is 2.88. The van der Waals surface area contributed by atoms with Crippen LogP contribution in [0.3, 0.4) is 0 Å². The number of benzene rings is 1. The summed E-state index contributed by atoms with van der Waals surface area (Å²) in [5.74, 6) is 0.0799. The van der Waals surface area contributed by atoms with Gasteiger partial charge in [0, 0.05) is 23.3 Å². The van der Waals surface area contributed by atoms with E-state index in [1.807, 2.05) is 0 Å². The maximum atomic E-state index is 11.8. The van der Waals surface area contributed by atoms with Crippen molar-refractivity contribution in [2.24, 2.45) is 5.92 Å². The van der Waals surface area contributed by atoms with Crippen LogP contribution >= 0.6 is 0 Å². The van der Waals surface area contributed by atoms with Crippen molar-refractivity contribution in [3.63, 3.8) is 0 Å². The molecule has 0 spiro atoms. The van der Waals surface area contributed by atoms with Gasteiger partial charge < -0.3 is 14.7 Å². The summed E-state index contributed by atoms with van der Waals surface area (Å²) in [4.78, 5) is 11.7. The van der Waals surface area contributed by atoms with Crippen molar-refractivity contribution in [1.29, 1.82) is 0 Å². The Morgan fingerprint density at radius 2 is 2.25 bits per heavy atom. The highest BCUT2D eigenvalue weighted by molar-refractivity contribution is 5.56. The lowest BCUT2D eigenvalue weighted by Crippen LogP contribution is -3.12. The summed E-state index contributed by atoms with van der Waals surface area (Å²) in [6.45, 7) is 5.06. The van der Waals surface area contributed by atoms with E-state index >= 15 is 0 Å². The smallest absolute Gasteiger partial charge is 0.265 e. The summed E-state index contributed by atoms with van der Waals surface area (Å²) >= 11 is 0. The molecule has 0 bridgehead atoms. The lowest BCUT2D eigenvalue weighted by atomic mass is 9.99. The van der Waals surface area contributed by atoms with Gasteiger partial charge in [0.05, 0.1) is 25.1 Å². The van der Waals surface area contributed by atoms with E-state index in [2.05, 4.69) is 6.92 Å². The first-order valence-electron chi connectivity index (χ1n) is 6.87. The van der Waals surface area contributed by atoms with Crippen molar-refractivity contribution in [3.05, 3.63) is 27.8 Å². The minimum atomic E-state index is -0.650. The number of rotatable bonds is 4. The summed E-state index contributed by atoms with van der Waals surface area (Å²) in [5, 5.41) is 22.7. The third-order valence-corrected chi connectivity index (χ3v) is 3.83. The van der Waals surface area contributed by atoms with Crippen LogP contribution in [0.1, 0.15) is 25.3 Å². The number of methoxy groups -OCH3 is 1. The molecule has 1 saturated heterocycles. The van der Waals surface area contributed by atoms with Gasteiger partial charge in [-0.3, -0.25) is 10.1 Å². The summed E-state index contributed by atoms with van der Waals surface area (Å²) < 4.78 is 4.96. The number of nitro groups is 1. The standard InChI is InChI=1S/C14H20N2O4/c1-10-4-3-5-15(8-10)9-11-6-12(16(18)19)14(17)13(7-11)20-2/h6-7,10,17H,3-5,8-9H2,1-2H3/t10-/m0/s1. The van der Waals surface area contributed by atoms with E-state index in [1.54, 1.807) is 6.07 Å². The van der Waals surface area contributed by atoms with E-state index in [-0.39, 0.29) is 5.75 Å². The molecule has 0 aromatic heterocycles. The number of ether oxygens (including phenoxy) is 1. The predicted molar refractivity (Wildman–Crippen MR) is 71.9 cm³/mol. The molecule has 0 saturated carbocycles. The van der Waals surface area contributed by atoms with E-state index in [1.165, 1.54) is 30.9 Å². The Kier molecular flexibility index (Phi) is 4.44. The molecule has 6 heteroatoms. The second-order valence-corrected chi connectivity index (χ2v) is 5.53. The van der Waals surface area contributed by atoms with E-state index in [9.17, 15) is 15.2 Å². The number of likely N-dealkylation sites (tertiary alicyclic amines) is 1. The number of hydrogen-bond donors (Lipinski definition) is 1. The summed E-state index contributed by atoms with van der Waals surface area (Å²) in [6.07, 6.45) is 2.42. The van der Waals surface area contributed by atoms with E-state index < -0.39 is 16.4 Å². The second-order valence-electron chi connectivity index (χ2n) is 5.53. The van der Waals surface area contributed by atoms with Crippen LogP contribution in [0, 0.1) is 16.0 Å². The highest BCUT2D eigenvalue weighted by Gasteiger charge is 2.21. The number of piperidine rings is 1. The molecule has 1 aromatic rings. The Balaban J connectivity index is 2.23. The molecule has 0 amide bonds. The van der Waals surface area contributed by atoms with Gasteiger partial charge in [-0.25, -0.2) is 0 Å². The first-order chi connectivity index (χ1) is 9.51. The lowest BCUT2D eigenvalue weighted by Gasteiger charge is -2.28. The minimum Gasteiger partial charge on any atom is -0.865 e. The molecule has 2 atom stereocenters. The van der Waals surface area contributed by atoms with Crippen LogP contribution < -0.4 is 14.7 Å². The monoisotopic (exact) mass is 280 g/mol. The molecule has 20 heavy (non-hydrogen) atoms. The summed E-state index contributed by atoms with van der Waals surface area (Å²) in [7, 11) is 1.36. The Labute approximate surface area is 118 Å². The maximum absolute atomic E-state index is 11.8. The molecule has 1 aliphatic rings. The highest BCUT2D eigenvalue weighted by Crippen LogP contribution is 2.34. The van der Waals surface area contributed by atoms with Gasteiger partial charge in [-0.15, -0.1) is 0 Å². The molecule has 1 unspecified atom stereocenters. The average molecular weight is 280 g/mol. The Morgan fingerprint density at radius 3 is 2.85 bits per heavy atom. The van der Waals surface area contributed by atoms with Crippen LogP contribution in [-0.2, 0) is 6.54 Å². The van der Waals surface area contributed by atoms with Crippen molar-refractivity contribution < 1.29 is 19.7 Å². The van der Waals surface area contributed by atoms with Crippen LogP contribution in [-0.4, -0.2) is 25.1 Å². The first-order valence-corrected chi connectivity index (χ1v) is 6.87. The zero-order valence-electron chi connectivity index (χ0n) is 11.8. The summed E-state index contributed by atoms with van der Waals surface area (Å²) in [6, 6.07) is 3.01. The zero-order valence-corrected chi connectivity index (χ0v) is 11.8. The first kappa shape index (κ1) is 14.6. The second kappa shape index (κ2) is 6.09. The van der Waals surface area contributed by atoms with Gasteiger partial charge >= 0.3 is 0 Å². The predicted octanol–water partition coefficient (Wildman–Crippen LogP) is 0.492. The van der Waals surface area contributed by atoms with E-state index in [4.69, 9.17) is 4.74 Å². The number of hydrogen-bond acceptors (Lipinski definition) is 4. The van der Waals surface area contributed by atoms with Gasteiger partial charge in [-0.1, -0.05) is 6.92 Å². The highest BCUT2D eigenvalue weighted by atomic mass is 16.6. The third kappa shape index (κ3) is 3.19. The summed E-state index contributed by atoms with van der Waals surface area (Å²) in [5.41, 5.74) is 0.390. The Bertz CT molecular complexity index is 504. The Morgan fingerprint density at radius 1 is 1.50 bits per heavy atom. The molecule has 1 aliphatic heterocycles. The zero-order chi connectivity index (χ0) is 14.7. The van der Waals surface area contributed by atoms with Crippen molar-refractivity contribution in [1.82, 2.24) is 0 Å². The lowest BCUT2D eigenvalue weighted by molar-refractivity contribution is -0.922. The number of quaternary nitrogens is 1. The molecule has 1 N–H and O–H groups in total. The molecule has 1 aromatic carbocycles. The van der Waals surface area contributed by atoms with Gasteiger partial charge in [-0.2, -0.15) is 0 Å². The van der Waals surface area contributed by atoms with Crippen molar-refractivity contribution in [3.8, 4) is 11.5 Å². The van der Waals surface area contributed by atoms with Crippen LogP contribution in [0.25, 0.3) is 0 Å². The average Bonchev–Trinajstić information content (AvgIpc) is 2.40.